The Hall–Kier alpha value is -3.73. The van der Waals surface area contributed by atoms with Crippen LogP contribution < -0.4 is 10.2 Å². The van der Waals surface area contributed by atoms with Gasteiger partial charge in [-0.15, -0.1) is 0 Å². The van der Waals surface area contributed by atoms with Crippen LogP contribution in [0, 0.1) is 11.8 Å². The average molecular weight is 408 g/mol. The smallest absolute Gasteiger partial charge is 0.238 e. The quantitative estimate of drug-likeness (QED) is 0.651. The summed E-state index contributed by atoms with van der Waals surface area (Å²) in [5.74, 6) is -1.58. The number of rotatable bonds is 2. The van der Waals surface area contributed by atoms with Crippen molar-refractivity contribution in [1.29, 1.82) is 0 Å². The van der Waals surface area contributed by atoms with E-state index in [0.717, 1.165) is 22.3 Å². The minimum Gasteiger partial charge on any atom is -0.326 e. The monoisotopic (exact) mass is 408 g/mol. The molecule has 0 radical (unpaired) electrons. The van der Waals surface area contributed by atoms with Gasteiger partial charge in [0.2, 0.25) is 17.7 Å². The van der Waals surface area contributed by atoms with Gasteiger partial charge in [0, 0.05) is 24.4 Å². The summed E-state index contributed by atoms with van der Waals surface area (Å²) in [6, 6.07) is 23.3. The third-order valence-corrected chi connectivity index (χ3v) is 6.87. The maximum atomic E-state index is 13.7. The molecular weight excluding hydrogens is 388 g/mol. The van der Waals surface area contributed by atoms with Gasteiger partial charge in [-0.05, 0) is 40.5 Å². The third kappa shape index (κ3) is 2.40. The normalized spacial score (nSPS) is 25.1. The zero-order valence-corrected chi connectivity index (χ0v) is 16.9. The summed E-state index contributed by atoms with van der Waals surface area (Å²) in [5, 5.41) is 2.73. The van der Waals surface area contributed by atoms with Gasteiger partial charge >= 0.3 is 0 Å². The molecule has 3 aromatic rings. The van der Waals surface area contributed by atoms with E-state index in [-0.39, 0.29) is 29.6 Å². The van der Waals surface area contributed by atoms with Gasteiger partial charge in [0.05, 0.1) is 17.5 Å². The minimum absolute atomic E-state index is 0.123. The topological polar surface area (TPSA) is 66.5 Å². The number of nitrogens with one attached hydrogen (secondary N) is 1. The van der Waals surface area contributed by atoms with Crippen molar-refractivity contribution in [2.24, 2.45) is 11.8 Å². The van der Waals surface area contributed by atoms with E-state index in [1.165, 1.54) is 11.8 Å². The van der Waals surface area contributed by atoms with E-state index in [0.29, 0.717) is 11.4 Å². The number of anilines is 2. The molecule has 0 spiro atoms. The van der Waals surface area contributed by atoms with Crippen molar-refractivity contribution in [1.82, 2.24) is 0 Å². The largest absolute Gasteiger partial charge is 0.326 e. The Morgan fingerprint density at radius 3 is 1.68 bits per heavy atom. The molecular formula is C26H20N2O3. The standard InChI is InChI=1S/C26H20N2O3/c1-14(29)27-15-7-6-8-16(13-15)28-25(30)23-21-17-9-2-3-10-18(17)22(24(23)26(28)31)20-12-5-4-11-19(20)21/h2-13,21-24H,1H3,(H,27,29). The fraction of sp³-hybridized carbons (Fsp3) is 0.192. The van der Waals surface area contributed by atoms with Crippen LogP contribution in [0.4, 0.5) is 11.4 Å². The van der Waals surface area contributed by atoms with E-state index in [2.05, 4.69) is 29.6 Å². The molecule has 0 saturated carbocycles. The van der Waals surface area contributed by atoms with Crippen LogP contribution in [-0.4, -0.2) is 17.7 Å². The summed E-state index contributed by atoms with van der Waals surface area (Å²) >= 11 is 0. The molecule has 3 amide bonds. The molecule has 1 saturated heterocycles. The molecule has 1 heterocycles. The molecule has 7 rings (SSSR count). The van der Waals surface area contributed by atoms with Crippen LogP contribution in [0.2, 0.25) is 0 Å². The molecule has 31 heavy (non-hydrogen) atoms. The summed E-state index contributed by atoms with van der Waals surface area (Å²) in [4.78, 5) is 40.2. The second-order valence-corrected chi connectivity index (χ2v) is 8.51. The van der Waals surface area contributed by atoms with Crippen LogP contribution in [0.1, 0.15) is 41.0 Å². The molecule has 2 bridgehead atoms. The van der Waals surface area contributed by atoms with Gasteiger partial charge in [0.1, 0.15) is 0 Å². The summed E-state index contributed by atoms with van der Waals surface area (Å²) in [6.07, 6.45) is 0. The first-order chi connectivity index (χ1) is 15.1. The minimum atomic E-state index is -0.410. The lowest BCUT2D eigenvalue weighted by molar-refractivity contribution is -0.122. The van der Waals surface area contributed by atoms with Gasteiger partial charge < -0.3 is 5.32 Å². The van der Waals surface area contributed by atoms with Crippen LogP contribution >= 0.6 is 0 Å². The molecule has 2 unspecified atom stereocenters. The molecule has 2 atom stereocenters. The van der Waals surface area contributed by atoms with Crippen LogP contribution in [0.25, 0.3) is 0 Å². The van der Waals surface area contributed by atoms with Gasteiger partial charge in [0.25, 0.3) is 0 Å². The first-order valence-corrected chi connectivity index (χ1v) is 10.5. The molecule has 1 N–H and O–H groups in total. The van der Waals surface area contributed by atoms with Gasteiger partial charge in [-0.1, -0.05) is 54.6 Å². The fourth-order valence-corrected chi connectivity index (χ4v) is 5.86. The second-order valence-electron chi connectivity index (χ2n) is 8.51. The molecule has 0 aromatic heterocycles. The summed E-state index contributed by atoms with van der Waals surface area (Å²) in [5.41, 5.74) is 5.69. The van der Waals surface area contributed by atoms with Crippen LogP contribution in [0.3, 0.4) is 0 Å². The maximum absolute atomic E-state index is 13.7. The SMILES string of the molecule is CC(=O)Nc1cccc(N2C(=O)C3C4c5ccccc5C(c5ccccc54)C3C2=O)c1. The van der Waals surface area contributed by atoms with Crippen molar-refractivity contribution in [2.45, 2.75) is 18.8 Å². The van der Waals surface area contributed by atoms with E-state index in [4.69, 9.17) is 0 Å². The van der Waals surface area contributed by atoms with E-state index in [1.54, 1.807) is 24.3 Å². The molecule has 3 aliphatic carbocycles. The number of benzene rings is 3. The number of nitrogens with zero attached hydrogens (tertiary/aromatic N) is 1. The number of hydrogen-bond acceptors (Lipinski definition) is 3. The highest BCUT2D eigenvalue weighted by Gasteiger charge is 2.61. The van der Waals surface area contributed by atoms with Crippen molar-refractivity contribution >= 4 is 29.1 Å². The Morgan fingerprint density at radius 1 is 0.742 bits per heavy atom. The van der Waals surface area contributed by atoms with Crippen LogP contribution in [0.15, 0.2) is 72.8 Å². The highest BCUT2D eigenvalue weighted by atomic mass is 16.2. The molecule has 5 nitrogen and oxygen atoms in total. The first kappa shape index (κ1) is 18.1. The lowest BCUT2D eigenvalue weighted by Crippen LogP contribution is -2.41. The lowest BCUT2D eigenvalue weighted by atomic mass is 9.55. The molecule has 152 valence electrons. The van der Waals surface area contributed by atoms with Crippen molar-refractivity contribution in [3.8, 4) is 0 Å². The van der Waals surface area contributed by atoms with Crippen LogP contribution in [0.5, 0.6) is 0 Å². The molecule has 5 heteroatoms. The Bertz CT molecular complexity index is 1170. The molecule has 4 aliphatic rings. The van der Waals surface area contributed by atoms with Gasteiger partial charge in [-0.2, -0.15) is 0 Å². The summed E-state index contributed by atoms with van der Waals surface area (Å²) < 4.78 is 0. The summed E-state index contributed by atoms with van der Waals surface area (Å²) in [7, 11) is 0. The highest BCUT2D eigenvalue weighted by Crippen LogP contribution is 2.61. The van der Waals surface area contributed by atoms with Crippen LogP contribution in [-0.2, 0) is 14.4 Å². The highest BCUT2D eigenvalue weighted by molar-refractivity contribution is 6.23. The zero-order valence-electron chi connectivity index (χ0n) is 16.9. The van der Waals surface area contributed by atoms with Crippen molar-refractivity contribution in [2.75, 3.05) is 10.2 Å². The van der Waals surface area contributed by atoms with E-state index in [9.17, 15) is 14.4 Å². The van der Waals surface area contributed by atoms with Crippen molar-refractivity contribution < 1.29 is 14.4 Å². The van der Waals surface area contributed by atoms with E-state index < -0.39 is 11.8 Å². The number of carbonyl (C=O) groups is 3. The zero-order chi connectivity index (χ0) is 21.3. The van der Waals surface area contributed by atoms with Crippen molar-refractivity contribution in [3.63, 3.8) is 0 Å². The van der Waals surface area contributed by atoms with E-state index in [1.807, 2.05) is 24.3 Å². The number of imide groups is 1. The van der Waals surface area contributed by atoms with Crippen molar-refractivity contribution in [3.05, 3.63) is 95.1 Å². The Kier molecular flexibility index (Phi) is 3.72. The Morgan fingerprint density at radius 2 is 1.23 bits per heavy atom. The maximum Gasteiger partial charge on any atom is 0.238 e. The third-order valence-electron chi connectivity index (χ3n) is 6.87. The Balaban J connectivity index is 1.50. The van der Waals surface area contributed by atoms with Gasteiger partial charge in [0.15, 0.2) is 0 Å². The molecule has 1 aliphatic heterocycles. The number of hydrogen-bond donors (Lipinski definition) is 1. The van der Waals surface area contributed by atoms with Gasteiger partial charge in [-0.25, -0.2) is 4.90 Å². The number of amides is 3. The average Bonchev–Trinajstić information content (AvgIpc) is 3.04. The first-order valence-electron chi connectivity index (χ1n) is 10.5. The second kappa shape index (κ2) is 6.38. The predicted octanol–water partition coefficient (Wildman–Crippen LogP) is 4.04. The summed E-state index contributed by atoms with van der Waals surface area (Å²) in [6.45, 7) is 1.43. The Labute approximate surface area is 179 Å². The predicted molar refractivity (Wildman–Crippen MR) is 117 cm³/mol. The van der Waals surface area contributed by atoms with Gasteiger partial charge in [-0.3, -0.25) is 14.4 Å². The molecule has 1 fully saturated rings. The fourth-order valence-electron chi connectivity index (χ4n) is 5.86. The lowest BCUT2D eigenvalue weighted by Gasteiger charge is -2.45. The van der Waals surface area contributed by atoms with E-state index >= 15 is 0 Å². The number of carbonyl (C=O) groups excluding carboxylic acids is 3. The molecule has 3 aromatic carbocycles.